The zero-order valence-corrected chi connectivity index (χ0v) is 18.4. The van der Waals surface area contributed by atoms with Crippen molar-refractivity contribution in [1.82, 2.24) is 0 Å². The van der Waals surface area contributed by atoms with Gasteiger partial charge in [0.25, 0.3) is 0 Å². The first kappa shape index (κ1) is 19.1. The fraction of sp³-hybridized carbons (Fsp3) is 0.846. The number of carbonyl (C=O) groups is 2. The van der Waals surface area contributed by atoms with Crippen LogP contribution in [0.3, 0.4) is 0 Å². The molecule has 0 aromatic rings. The molecule has 0 spiro atoms. The van der Waals surface area contributed by atoms with Crippen LogP contribution in [0.5, 0.6) is 0 Å². The lowest BCUT2D eigenvalue weighted by atomic mass is 9.43. The van der Waals surface area contributed by atoms with E-state index in [4.69, 9.17) is 0 Å². The summed E-state index contributed by atoms with van der Waals surface area (Å²) in [5.74, 6) is 4.16. The Morgan fingerprint density at radius 3 is 2.57 bits per heavy atom. The van der Waals surface area contributed by atoms with Gasteiger partial charge in [-0.1, -0.05) is 39.2 Å². The van der Waals surface area contributed by atoms with Crippen LogP contribution in [0.4, 0.5) is 0 Å². The summed E-state index contributed by atoms with van der Waals surface area (Å²) in [7, 11) is 0. The van der Waals surface area contributed by atoms with Gasteiger partial charge in [0.1, 0.15) is 5.78 Å². The summed E-state index contributed by atoms with van der Waals surface area (Å²) in [6, 6.07) is 0. The maximum absolute atomic E-state index is 13.2. The van der Waals surface area contributed by atoms with Crippen LogP contribution in [0.25, 0.3) is 0 Å². The molecule has 0 aromatic carbocycles. The summed E-state index contributed by atoms with van der Waals surface area (Å²) in [6.45, 7) is 9.28. The molecule has 2 heteroatoms. The molecule has 4 fully saturated rings. The minimum absolute atomic E-state index is 0.0380. The minimum atomic E-state index is -0.0380. The van der Waals surface area contributed by atoms with E-state index in [-0.39, 0.29) is 16.2 Å². The first-order chi connectivity index (χ1) is 13.2. The van der Waals surface area contributed by atoms with Crippen molar-refractivity contribution in [3.63, 3.8) is 0 Å². The molecule has 5 rings (SSSR count). The van der Waals surface area contributed by atoms with Gasteiger partial charge in [-0.25, -0.2) is 0 Å². The third kappa shape index (κ3) is 2.16. The highest BCUT2D eigenvalue weighted by Crippen LogP contribution is 2.74. The molecule has 4 saturated carbocycles. The molecule has 0 heterocycles. The van der Waals surface area contributed by atoms with Gasteiger partial charge < -0.3 is 0 Å². The summed E-state index contributed by atoms with van der Waals surface area (Å²) in [6.07, 6.45) is 13.8. The highest BCUT2D eigenvalue weighted by Gasteiger charge is 2.69. The molecule has 0 unspecified atom stereocenters. The summed E-state index contributed by atoms with van der Waals surface area (Å²) in [4.78, 5) is 25.3. The second kappa shape index (κ2) is 6.05. The van der Waals surface area contributed by atoms with E-state index in [1.807, 2.05) is 13.0 Å². The molecule has 154 valence electrons. The smallest absolute Gasteiger partial charge is 0.155 e. The van der Waals surface area contributed by atoms with Crippen LogP contribution in [0.15, 0.2) is 11.6 Å². The molecule has 28 heavy (non-hydrogen) atoms. The van der Waals surface area contributed by atoms with Crippen LogP contribution in [-0.4, -0.2) is 11.6 Å². The molecule has 0 radical (unpaired) electrons. The summed E-state index contributed by atoms with van der Waals surface area (Å²) >= 11 is 0. The van der Waals surface area contributed by atoms with Gasteiger partial charge in [0.05, 0.1) is 0 Å². The second-order valence-electron chi connectivity index (χ2n) is 11.7. The average molecular weight is 383 g/mol. The Balaban J connectivity index is 1.57. The Kier molecular flexibility index (Phi) is 4.12. The summed E-state index contributed by atoms with van der Waals surface area (Å²) < 4.78 is 0. The first-order valence-corrected chi connectivity index (χ1v) is 12.0. The number of hydrogen-bond donors (Lipinski definition) is 0. The molecule has 0 bridgehead atoms. The van der Waals surface area contributed by atoms with Crippen molar-refractivity contribution in [2.24, 2.45) is 45.8 Å². The van der Waals surface area contributed by atoms with Crippen LogP contribution in [0.2, 0.25) is 0 Å². The molecule has 0 amide bonds. The number of allylic oxidation sites excluding steroid dienone is 1. The van der Waals surface area contributed by atoms with E-state index < -0.39 is 0 Å². The molecule has 8 atom stereocenters. The number of fused-ring (bicyclic) bond motifs is 7. The molecular formula is C26H38O2. The standard InChI is InChI=1S/C26H38O2/c1-16-13-20-21(24(3)11-8-19(28)15-22(16)24)9-12-25(4)23(20)14-18-7-5-6-10-26(18,25)17(2)27/h15-16,18,20-21,23H,5-14H2,1-4H3/t16-,18+,20+,21-,23-,24+,25-,26+/m0/s1. The zero-order valence-electron chi connectivity index (χ0n) is 18.4. The third-order valence-corrected chi connectivity index (χ3v) is 10.9. The van der Waals surface area contributed by atoms with Gasteiger partial charge in [-0.15, -0.1) is 0 Å². The highest BCUT2D eigenvalue weighted by molar-refractivity contribution is 5.91. The summed E-state index contributed by atoms with van der Waals surface area (Å²) in [5.41, 5.74) is 1.84. The lowest BCUT2D eigenvalue weighted by Crippen LogP contribution is -2.56. The first-order valence-electron chi connectivity index (χ1n) is 12.0. The topological polar surface area (TPSA) is 34.1 Å². The zero-order chi connectivity index (χ0) is 19.9. The van der Waals surface area contributed by atoms with E-state index in [0.717, 1.165) is 25.2 Å². The number of ketones is 2. The largest absolute Gasteiger partial charge is 0.299 e. The second-order valence-corrected chi connectivity index (χ2v) is 11.7. The monoisotopic (exact) mass is 382 g/mol. The predicted octanol–water partition coefficient (Wildman–Crippen LogP) is 6.14. The Labute approximate surface area is 170 Å². The van der Waals surface area contributed by atoms with Crippen LogP contribution in [-0.2, 0) is 9.59 Å². The Morgan fingerprint density at radius 2 is 1.82 bits per heavy atom. The Hall–Kier alpha value is -0.920. The van der Waals surface area contributed by atoms with Gasteiger partial charge in [0.2, 0.25) is 0 Å². The molecule has 0 aliphatic heterocycles. The quantitative estimate of drug-likeness (QED) is 0.546. The number of Topliss-reactive ketones (excluding diaryl/α,β-unsaturated/α-hetero) is 1. The predicted molar refractivity (Wildman–Crippen MR) is 112 cm³/mol. The van der Waals surface area contributed by atoms with Crippen LogP contribution >= 0.6 is 0 Å². The van der Waals surface area contributed by atoms with E-state index in [1.54, 1.807) is 0 Å². The molecular weight excluding hydrogens is 344 g/mol. The van der Waals surface area contributed by atoms with Crippen molar-refractivity contribution in [2.75, 3.05) is 0 Å². The fourth-order valence-corrected chi connectivity index (χ4v) is 9.78. The highest BCUT2D eigenvalue weighted by atomic mass is 16.1. The van der Waals surface area contributed by atoms with Crippen molar-refractivity contribution in [3.8, 4) is 0 Å². The van der Waals surface area contributed by atoms with E-state index >= 15 is 0 Å². The van der Waals surface area contributed by atoms with E-state index in [0.29, 0.717) is 35.2 Å². The third-order valence-electron chi connectivity index (χ3n) is 10.9. The van der Waals surface area contributed by atoms with E-state index in [2.05, 4.69) is 20.8 Å². The van der Waals surface area contributed by atoms with Crippen molar-refractivity contribution in [3.05, 3.63) is 11.6 Å². The molecule has 5 aliphatic carbocycles. The number of carbonyl (C=O) groups excluding carboxylic acids is 2. The van der Waals surface area contributed by atoms with Crippen molar-refractivity contribution in [2.45, 2.75) is 91.9 Å². The van der Waals surface area contributed by atoms with Crippen LogP contribution in [0.1, 0.15) is 91.9 Å². The fourth-order valence-electron chi connectivity index (χ4n) is 9.78. The molecule has 5 aliphatic rings. The van der Waals surface area contributed by atoms with E-state index in [9.17, 15) is 9.59 Å². The SMILES string of the molecule is CC(=O)[C@]12CCCC[C@@H]1C[C@H]1[C@@H]3C[C@H](C)C4=CC(=O)CC[C@]4(C)[C@H]3CC[C@@]12C. The van der Waals surface area contributed by atoms with Crippen LogP contribution in [0, 0.1) is 45.8 Å². The van der Waals surface area contributed by atoms with Gasteiger partial charge in [0.15, 0.2) is 5.78 Å². The normalized spacial score (nSPS) is 52.8. The Morgan fingerprint density at radius 1 is 1.04 bits per heavy atom. The van der Waals surface area contributed by atoms with Crippen LogP contribution < -0.4 is 0 Å². The lowest BCUT2D eigenvalue weighted by molar-refractivity contribution is -0.149. The number of rotatable bonds is 1. The average Bonchev–Trinajstić information content (AvgIpc) is 2.94. The summed E-state index contributed by atoms with van der Waals surface area (Å²) in [5, 5.41) is 0. The molecule has 2 nitrogen and oxygen atoms in total. The maximum Gasteiger partial charge on any atom is 0.155 e. The van der Waals surface area contributed by atoms with Crippen molar-refractivity contribution in [1.29, 1.82) is 0 Å². The van der Waals surface area contributed by atoms with Gasteiger partial charge in [-0.05, 0) is 98.4 Å². The molecule has 0 aromatic heterocycles. The minimum Gasteiger partial charge on any atom is -0.299 e. The molecule has 0 N–H and O–H groups in total. The number of hydrogen-bond acceptors (Lipinski definition) is 2. The van der Waals surface area contributed by atoms with E-state index in [1.165, 1.54) is 50.5 Å². The maximum atomic E-state index is 13.2. The van der Waals surface area contributed by atoms with Crippen molar-refractivity contribution < 1.29 is 9.59 Å². The van der Waals surface area contributed by atoms with Crippen molar-refractivity contribution >= 4 is 11.6 Å². The lowest BCUT2D eigenvalue weighted by Gasteiger charge is -2.61. The van der Waals surface area contributed by atoms with Gasteiger partial charge in [-0.3, -0.25) is 9.59 Å². The van der Waals surface area contributed by atoms with Gasteiger partial charge >= 0.3 is 0 Å². The Bertz CT molecular complexity index is 750. The van der Waals surface area contributed by atoms with Gasteiger partial charge in [0, 0.05) is 11.8 Å². The van der Waals surface area contributed by atoms with Gasteiger partial charge in [-0.2, -0.15) is 0 Å². The molecule has 0 saturated heterocycles.